The fourth-order valence-electron chi connectivity index (χ4n) is 2.28. The minimum Gasteiger partial charge on any atom is -0.374 e. The first-order chi connectivity index (χ1) is 7.11. The second-order valence-electron chi connectivity index (χ2n) is 4.67. The van der Waals surface area contributed by atoms with Crippen molar-refractivity contribution in [2.45, 2.75) is 52.1 Å². The number of hydrogen-bond acceptors (Lipinski definition) is 3. The van der Waals surface area contributed by atoms with E-state index in [0.29, 0.717) is 18.7 Å². The summed E-state index contributed by atoms with van der Waals surface area (Å²) in [5.74, 6) is 0.113. The zero-order valence-corrected chi connectivity index (χ0v) is 10.2. The normalized spacial score (nSPS) is 22.5. The fraction of sp³-hybridized carbons (Fsp3) is 0.917. The molecular weight excluding hydrogens is 190 g/mol. The van der Waals surface area contributed by atoms with E-state index < -0.39 is 0 Å². The van der Waals surface area contributed by atoms with E-state index in [1.54, 1.807) is 6.92 Å². The zero-order chi connectivity index (χ0) is 11.3. The molecule has 0 aromatic rings. The Hall–Kier alpha value is -0.410. The summed E-state index contributed by atoms with van der Waals surface area (Å²) in [6.07, 6.45) is 3.64. The Morgan fingerprint density at radius 1 is 1.53 bits per heavy atom. The van der Waals surface area contributed by atoms with Gasteiger partial charge in [0, 0.05) is 18.7 Å². The van der Waals surface area contributed by atoms with Crippen molar-refractivity contribution in [3.05, 3.63) is 0 Å². The Morgan fingerprint density at radius 3 is 2.87 bits per heavy atom. The number of carbonyl (C=O) groups excluding carboxylic acids is 1. The molecule has 0 aromatic carbocycles. The number of ketones is 1. The standard InChI is InChI=1S/C12H23NO2/c1-10(2)13-7-4-5-12(13)6-8-15-9-11(3)14/h10,12H,4-9H2,1-3H3/t12-/m0/s1. The maximum absolute atomic E-state index is 10.7. The van der Waals surface area contributed by atoms with Crippen LogP contribution in [0, 0.1) is 0 Å². The largest absolute Gasteiger partial charge is 0.374 e. The lowest BCUT2D eigenvalue weighted by atomic mass is 10.1. The van der Waals surface area contributed by atoms with Crippen LogP contribution in [0.2, 0.25) is 0 Å². The van der Waals surface area contributed by atoms with Crippen LogP contribution in [0.5, 0.6) is 0 Å². The second-order valence-corrected chi connectivity index (χ2v) is 4.67. The van der Waals surface area contributed by atoms with Gasteiger partial charge in [0.25, 0.3) is 0 Å². The van der Waals surface area contributed by atoms with E-state index in [2.05, 4.69) is 18.7 Å². The second kappa shape index (κ2) is 6.23. The average molecular weight is 213 g/mol. The molecule has 1 aliphatic heterocycles. The number of ether oxygens (including phenoxy) is 1. The van der Waals surface area contributed by atoms with Crippen LogP contribution in [0.3, 0.4) is 0 Å². The van der Waals surface area contributed by atoms with Crippen molar-refractivity contribution in [3.8, 4) is 0 Å². The lowest BCUT2D eigenvalue weighted by Gasteiger charge is -2.28. The molecule has 1 fully saturated rings. The van der Waals surface area contributed by atoms with Gasteiger partial charge in [-0.2, -0.15) is 0 Å². The molecule has 1 heterocycles. The van der Waals surface area contributed by atoms with Crippen molar-refractivity contribution in [1.82, 2.24) is 4.90 Å². The molecule has 1 saturated heterocycles. The fourth-order valence-corrected chi connectivity index (χ4v) is 2.28. The van der Waals surface area contributed by atoms with Crippen LogP contribution < -0.4 is 0 Å². The van der Waals surface area contributed by atoms with Crippen LogP contribution >= 0.6 is 0 Å². The Morgan fingerprint density at radius 2 is 2.27 bits per heavy atom. The quantitative estimate of drug-likeness (QED) is 0.631. The lowest BCUT2D eigenvalue weighted by molar-refractivity contribution is -0.121. The summed E-state index contributed by atoms with van der Waals surface area (Å²) >= 11 is 0. The molecule has 3 heteroatoms. The van der Waals surface area contributed by atoms with Crippen molar-refractivity contribution in [2.24, 2.45) is 0 Å². The molecule has 0 saturated carbocycles. The molecule has 0 aromatic heterocycles. The van der Waals surface area contributed by atoms with E-state index in [4.69, 9.17) is 4.74 Å². The maximum atomic E-state index is 10.7. The van der Waals surface area contributed by atoms with Crippen LogP contribution in [0.1, 0.15) is 40.0 Å². The van der Waals surface area contributed by atoms with Gasteiger partial charge in [0.05, 0.1) is 0 Å². The van der Waals surface area contributed by atoms with Gasteiger partial charge in [-0.3, -0.25) is 9.69 Å². The number of nitrogens with zero attached hydrogens (tertiary/aromatic N) is 1. The molecule has 1 atom stereocenters. The topological polar surface area (TPSA) is 29.5 Å². The Balaban J connectivity index is 2.17. The third kappa shape index (κ3) is 4.31. The molecule has 1 rings (SSSR count). The van der Waals surface area contributed by atoms with E-state index in [0.717, 1.165) is 6.42 Å². The first-order valence-electron chi connectivity index (χ1n) is 5.94. The van der Waals surface area contributed by atoms with Gasteiger partial charge < -0.3 is 4.74 Å². The number of hydrogen-bond donors (Lipinski definition) is 0. The van der Waals surface area contributed by atoms with Crippen LogP contribution in [0.25, 0.3) is 0 Å². The van der Waals surface area contributed by atoms with Crippen molar-refractivity contribution in [1.29, 1.82) is 0 Å². The van der Waals surface area contributed by atoms with Gasteiger partial charge >= 0.3 is 0 Å². The van der Waals surface area contributed by atoms with E-state index in [9.17, 15) is 4.79 Å². The van der Waals surface area contributed by atoms with Crippen molar-refractivity contribution >= 4 is 5.78 Å². The van der Waals surface area contributed by atoms with Gasteiger partial charge in [-0.05, 0) is 46.6 Å². The highest BCUT2D eigenvalue weighted by Gasteiger charge is 2.25. The number of Topliss-reactive ketones (excluding diaryl/α,β-unsaturated/α-hetero) is 1. The molecular formula is C12H23NO2. The summed E-state index contributed by atoms with van der Waals surface area (Å²) in [7, 11) is 0. The summed E-state index contributed by atoms with van der Waals surface area (Å²) in [6.45, 7) is 8.26. The summed E-state index contributed by atoms with van der Waals surface area (Å²) in [5.41, 5.74) is 0. The summed E-state index contributed by atoms with van der Waals surface area (Å²) in [4.78, 5) is 13.2. The SMILES string of the molecule is CC(=O)COCC[C@@H]1CCCN1C(C)C. The number of carbonyl (C=O) groups is 1. The highest BCUT2D eigenvalue weighted by atomic mass is 16.5. The molecule has 0 bridgehead atoms. The number of likely N-dealkylation sites (tertiary alicyclic amines) is 1. The van der Waals surface area contributed by atoms with Gasteiger partial charge in [-0.1, -0.05) is 0 Å². The summed E-state index contributed by atoms with van der Waals surface area (Å²) < 4.78 is 5.31. The average Bonchev–Trinajstić information content (AvgIpc) is 2.60. The lowest BCUT2D eigenvalue weighted by Crippen LogP contribution is -2.36. The third-order valence-electron chi connectivity index (χ3n) is 2.99. The number of rotatable bonds is 6. The van der Waals surface area contributed by atoms with E-state index in [1.807, 2.05) is 0 Å². The van der Waals surface area contributed by atoms with Crippen molar-refractivity contribution in [2.75, 3.05) is 19.8 Å². The van der Waals surface area contributed by atoms with E-state index in [1.165, 1.54) is 19.4 Å². The van der Waals surface area contributed by atoms with Gasteiger partial charge in [0.2, 0.25) is 0 Å². The van der Waals surface area contributed by atoms with Crippen LogP contribution in [0.15, 0.2) is 0 Å². The first kappa shape index (κ1) is 12.7. The molecule has 0 amide bonds. The van der Waals surface area contributed by atoms with Crippen LogP contribution in [-0.2, 0) is 9.53 Å². The molecule has 0 radical (unpaired) electrons. The summed E-state index contributed by atoms with van der Waals surface area (Å²) in [5, 5.41) is 0. The van der Waals surface area contributed by atoms with E-state index in [-0.39, 0.29) is 12.4 Å². The van der Waals surface area contributed by atoms with Crippen LogP contribution in [-0.4, -0.2) is 42.5 Å². The van der Waals surface area contributed by atoms with Gasteiger partial charge in [0.1, 0.15) is 6.61 Å². The van der Waals surface area contributed by atoms with Gasteiger partial charge in [-0.25, -0.2) is 0 Å². The molecule has 1 aliphatic rings. The molecule has 0 N–H and O–H groups in total. The molecule has 0 spiro atoms. The first-order valence-corrected chi connectivity index (χ1v) is 5.94. The third-order valence-corrected chi connectivity index (χ3v) is 2.99. The predicted molar refractivity (Wildman–Crippen MR) is 61.0 cm³/mol. The minimum atomic E-state index is 0.113. The molecule has 88 valence electrons. The highest BCUT2D eigenvalue weighted by molar-refractivity contribution is 5.76. The summed E-state index contributed by atoms with van der Waals surface area (Å²) in [6, 6.07) is 1.29. The Bertz CT molecular complexity index is 204. The van der Waals surface area contributed by atoms with Gasteiger partial charge in [-0.15, -0.1) is 0 Å². The Kier molecular flexibility index (Phi) is 5.26. The molecule has 0 aliphatic carbocycles. The monoisotopic (exact) mass is 213 g/mol. The molecule has 0 unspecified atom stereocenters. The van der Waals surface area contributed by atoms with Crippen LogP contribution in [0.4, 0.5) is 0 Å². The Labute approximate surface area is 92.8 Å². The predicted octanol–water partition coefficient (Wildman–Crippen LogP) is 1.85. The van der Waals surface area contributed by atoms with Crippen molar-refractivity contribution in [3.63, 3.8) is 0 Å². The maximum Gasteiger partial charge on any atom is 0.155 e. The zero-order valence-electron chi connectivity index (χ0n) is 10.2. The minimum absolute atomic E-state index is 0.113. The smallest absolute Gasteiger partial charge is 0.155 e. The van der Waals surface area contributed by atoms with Gasteiger partial charge in [0.15, 0.2) is 5.78 Å². The van der Waals surface area contributed by atoms with Crippen molar-refractivity contribution < 1.29 is 9.53 Å². The highest BCUT2D eigenvalue weighted by Crippen LogP contribution is 2.22. The molecule has 15 heavy (non-hydrogen) atoms. The molecule has 3 nitrogen and oxygen atoms in total. The van der Waals surface area contributed by atoms with E-state index >= 15 is 0 Å².